The van der Waals surface area contributed by atoms with Crippen LogP contribution in [-0.4, -0.2) is 23.7 Å². The average molecular weight is 354 g/mol. The van der Waals surface area contributed by atoms with Gasteiger partial charge in [-0.05, 0) is 49.1 Å². The first-order valence-electron chi connectivity index (χ1n) is 7.79. The monoisotopic (exact) mass is 354 g/mol. The second-order valence-electron chi connectivity index (χ2n) is 5.16. The van der Waals surface area contributed by atoms with E-state index < -0.39 is 18.0 Å². The Morgan fingerprint density at radius 3 is 2.52 bits per heavy atom. The van der Waals surface area contributed by atoms with E-state index >= 15 is 0 Å². The van der Waals surface area contributed by atoms with E-state index in [1.165, 1.54) is 6.92 Å². The molecule has 0 spiro atoms. The highest BCUT2D eigenvalue weighted by molar-refractivity contribution is 7.99. The molecule has 0 fully saturated rings. The number of nitriles is 1. The van der Waals surface area contributed by atoms with Crippen molar-refractivity contribution in [3.05, 3.63) is 59.7 Å². The normalized spacial score (nSPS) is 11.2. The molecule has 2 rings (SSSR count). The Bertz CT molecular complexity index is 797. The first kappa shape index (κ1) is 18.6. The molecule has 2 aromatic rings. The van der Waals surface area contributed by atoms with Crippen LogP contribution in [0.1, 0.15) is 29.8 Å². The predicted octanol–water partition coefficient (Wildman–Crippen LogP) is 3.85. The Kier molecular flexibility index (Phi) is 6.61. The zero-order valence-corrected chi connectivity index (χ0v) is 14.8. The molecule has 1 atom stereocenters. The summed E-state index contributed by atoms with van der Waals surface area (Å²) in [4.78, 5) is 25.4. The van der Waals surface area contributed by atoms with E-state index in [2.05, 4.69) is 5.32 Å². The number of hydrogen-bond donors (Lipinski definition) is 1. The Hall–Kier alpha value is -2.78. The summed E-state index contributed by atoms with van der Waals surface area (Å²) < 4.78 is 5.29. The number of rotatable bonds is 6. The summed E-state index contributed by atoms with van der Waals surface area (Å²) in [5.41, 5.74) is 1.49. The standard InChI is InChI=1S/C19H18N2O3S/c1-3-25-17-7-5-4-6-16(17)19(23)24-13(2)18(22)21-15-10-8-14(12-20)9-11-15/h4-11,13H,3H2,1-2H3,(H,21,22)/t13-/m0/s1. The lowest BCUT2D eigenvalue weighted by Gasteiger charge is -2.15. The largest absolute Gasteiger partial charge is 0.449 e. The third kappa shape index (κ3) is 5.10. The van der Waals surface area contributed by atoms with Gasteiger partial charge >= 0.3 is 5.97 Å². The Morgan fingerprint density at radius 2 is 1.88 bits per heavy atom. The van der Waals surface area contributed by atoms with Crippen molar-refractivity contribution in [3.63, 3.8) is 0 Å². The quantitative estimate of drug-likeness (QED) is 0.629. The molecular formula is C19H18N2O3S. The molecule has 0 heterocycles. The molecule has 0 aromatic heterocycles. The maximum absolute atomic E-state index is 12.3. The van der Waals surface area contributed by atoms with Crippen LogP contribution in [0.15, 0.2) is 53.4 Å². The number of carbonyl (C=O) groups is 2. The van der Waals surface area contributed by atoms with Gasteiger partial charge in [-0.25, -0.2) is 4.79 Å². The molecule has 0 saturated heterocycles. The fourth-order valence-corrected chi connectivity index (χ4v) is 2.86. The summed E-state index contributed by atoms with van der Waals surface area (Å²) in [6.07, 6.45) is -0.942. The molecule has 2 aromatic carbocycles. The zero-order valence-electron chi connectivity index (χ0n) is 14.0. The van der Waals surface area contributed by atoms with Crippen LogP contribution < -0.4 is 5.32 Å². The summed E-state index contributed by atoms with van der Waals surface area (Å²) in [6, 6.07) is 15.6. The second-order valence-corrected chi connectivity index (χ2v) is 6.46. The van der Waals surface area contributed by atoms with E-state index in [1.807, 2.05) is 25.1 Å². The first-order valence-corrected chi connectivity index (χ1v) is 8.77. The summed E-state index contributed by atoms with van der Waals surface area (Å²) >= 11 is 1.54. The maximum Gasteiger partial charge on any atom is 0.340 e. The smallest absolute Gasteiger partial charge is 0.340 e. The van der Waals surface area contributed by atoms with Gasteiger partial charge in [0.15, 0.2) is 6.10 Å². The molecule has 0 unspecified atom stereocenters. The molecule has 0 radical (unpaired) electrons. The van der Waals surface area contributed by atoms with Gasteiger partial charge in [-0.2, -0.15) is 5.26 Å². The summed E-state index contributed by atoms with van der Waals surface area (Å²) in [5.74, 6) is -0.128. The Morgan fingerprint density at radius 1 is 1.20 bits per heavy atom. The number of nitrogens with one attached hydrogen (secondary N) is 1. The van der Waals surface area contributed by atoms with Gasteiger partial charge in [0.1, 0.15) is 0 Å². The van der Waals surface area contributed by atoms with E-state index in [0.717, 1.165) is 10.6 Å². The third-order valence-corrected chi connectivity index (χ3v) is 4.30. The van der Waals surface area contributed by atoms with E-state index in [-0.39, 0.29) is 0 Å². The van der Waals surface area contributed by atoms with Gasteiger partial charge < -0.3 is 10.1 Å². The highest BCUT2D eigenvalue weighted by Crippen LogP contribution is 2.23. The van der Waals surface area contributed by atoms with Crippen molar-refractivity contribution in [2.75, 3.05) is 11.1 Å². The SMILES string of the molecule is CCSc1ccccc1C(=O)O[C@@H](C)C(=O)Nc1ccc(C#N)cc1. The lowest BCUT2D eigenvalue weighted by molar-refractivity contribution is -0.123. The van der Waals surface area contributed by atoms with Gasteiger partial charge in [-0.3, -0.25) is 4.79 Å². The minimum atomic E-state index is -0.942. The van der Waals surface area contributed by atoms with Crippen LogP contribution in [0.2, 0.25) is 0 Å². The van der Waals surface area contributed by atoms with Crippen molar-refractivity contribution >= 4 is 29.3 Å². The topological polar surface area (TPSA) is 79.2 Å². The van der Waals surface area contributed by atoms with Crippen LogP contribution in [0.5, 0.6) is 0 Å². The summed E-state index contributed by atoms with van der Waals surface area (Å²) in [7, 11) is 0. The van der Waals surface area contributed by atoms with E-state index in [9.17, 15) is 9.59 Å². The van der Waals surface area contributed by atoms with Crippen LogP contribution in [0.4, 0.5) is 5.69 Å². The van der Waals surface area contributed by atoms with E-state index in [4.69, 9.17) is 10.00 Å². The summed E-state index contributed by atoms with van der Waals surface area (Å²) in [5, 5.41) is 11.4. The molecule has 1 amide bonds. The number of amides is 1. The molecule has 25 heavy (non-hydrogen) atoms. The zero-order chi connectivity index (χ0) is 18.2. The third-order valence-electron chi connectivity index (χ3n) is 3.34. The van der Waals surface area contributed by atoms with Gasteiger partial charge in [0.25, 0.3) is 5.91 Å². The second kappa shape index (κ2) is 8.90. The number of thioether (sulfide) groups is 1. The number of ether oxygens (including phenoxy) is 1. The fraction of sp³-hybridized carbons (Fsp3) is 0.211. The molecule has 128 valence electrons. The number of esters is 1. The predicted molar refractivity (Wildman–Crippen MR) is 97.5 cm³/mol. The van der Waals surface area contributed by atoms with Crippen LogP contribution >= 0.6 is 11.8 Å². The van der Waals surface area contributed by atoms with Crippen LogP contribution in [0, 0.1) is 11.3 Å². The molecule has 1 N–H and O–H groups in total. The first-order chi connectivity index (χ1) is 12.0. The number of carbonyl (C=O) groups excluding carboxylic acids is 2. The number of anilines is 1. The molecular weight excluding hydrogens is 336 g/mol. The molecule has 0 bridgehead atoms. The van der Waals surface area contributed by atoms with Crippen molar-refractivity contribution < 1.29 is 14.3 Å². The van der Waals surface area contributed by atoms with Crippen LogP contribution in [-0.2, 0) is 9.53 Å². The molecule has 0 aliphatic heterocycles. The highest BCUT2D eigenvalue weighted by Gasteiger charge is 2.20. The van der Waals surface area contributed by atoms with Crippen molar-refractivity contribution in [2.24, 2.45) is 0 Å². The lowest BCUT2D eigenvalue weighted by Crippen LogP contribution is -2.30. The molecule has 6 heteroatoms. The Labute approximate surface area is 151 Å². The fourth-order valence-electron chi connectivity index (χ4n) is 2.07. The van der Waals surface area contributed by atoms with Crippen molar-refractivity contribution in [1.82, 2.24) is 0 Å². The molecule has 0 saturated carbocycles. The Balaban J connectivity index is 2.00. The number of benzene rings is 2. The highest BCUT2D eigenvalue weighted by atomic mass is 32.2. The van der Waals surface area contributed by atoms with Crippen molar-refractivity contribution in [3.8, 4) is 6.07 Å². The lowest BCUT2D eigenvalue weighted by atomic mass is 10.2. The van der Waals surface area contributed by atoms with Gasteiger partial charge in [0.2, 0.25) is 0 Å². The van der Waals surface area contributed by atoms with Crippen molar-refractivity contribution in [2.45, 2.75) is 24.8 Å². The van der Waals surface area contributed by atoms with Gasteiger partial charge in [-0.1, -0.05) is 19.1 Å². The molecule has 5 nitrogen and oxygen atoms in total. The van der Waals surface area contributed by atoms with Gasteiger partial charge in [-0.15, -0.1) is 11.8 Å². The van der Waals surface area contributed by atoms with Gasteiger partial charge in [0.05, 0.1) is 17.2 Å². The molecule has 0 aliphatic rings. The van der Waals surface area contributed by atoms with Crippen molar-refractivity contribution in [1.29, 1.82) is 5.26 Å². The van der Waals surface area contributed by atoms with E-state index in [0.29, 0.717) is 16.8 Å². The minimum absolute atomic E-state index is 0.432. The van der Waals surface area contributed by atoms with Crippen LogP contribution in [0.3, 0.4) is 0 Å². The van der Waals surface area contributed by atoms with Gasteiger partial charge in [0, 0.05) is 10.6 Å². The molecule has 0 aliphatic carbocycles. The summed E-state index contributed by atoms with van der Waals surface area (Å²) in [6.45, 7) is 3.52. The number of hydrogen-bond acceptors (Lipinski definition) is 5. The minimum Gasteiger partial charge on any atom is -0.449 e. The van der Waals surface area contributed by atoms with Crippen LogP contribution in [0.25, 0.3) is 0 Å². The maximum atomic E-state index is 12.3. The average Bonchev–Trinajstić information content (AvgIpc) is 2.63. The van der Waals surface area contributed by atoms with E-state index in [1.54, 1.807) is 48.2 Å². The number of nitrogens with zero attached hydrogens (tertiary/aromatic N) is 1.